The van der Waals surface area contributed by atoms with Gasteiger partial charge in [0.2, 0.25) is 5.91 Å². The van der Waals surface area contributed by atoms with E-state index in [2.05, 4.69) is 22.0 Å². The maximum atomic E-state index is 12.7. The van der Waals surface area contributed by atoms with Crippen molar-refractivity contribution in [2.45, 2.75) is 19.4 Å². The van der Waals surface area contributed by atoms with Crippen molar-refractivity contribution in [3.05, 3.63) is 66.2 Å². The molecule has 1 aliphatic heterocycles. The van der Waals surface area contributed by atoms with Crippen LogP contribution < -0.4 is 9.47 Å². The number of hydrogen-bond acceptors (Lipinski definition) is 6. The molecular weight excluding hydrogens is 406 g/mol. The van der Waals surface area contributed by atoms with Crippen molar-refractivity contribution < 1.29 is 18.7 Å². The second-order valence-electron chi connectivity index (χ2n) is 7.85. The predicted molar refractivity (Wildman–Crippen MR) is 122 cm³/mol. The van der Waals surface area contributed by atoms with E-state index in [9.17, 15) is 4.79 Å². The van der Waals surface area contributed by atoms with Crippen molar-refractivity contribution in [1.29, 1.82) is 0 Å². The third-order valence-electron chi connectivity index (χ3n) is 5.77. The van der Waals surface area contributed by atoms with Gasteiger partial charge < -0.3 is 18.8 Å². The van der Waals surface area contributed by atoms with Crippen LogP contribution in [-0.2, 0) is 17.8 Å². The number of methoxy groups -OCH3 is 2. The Morgan fingerprint density at radius 1 is 0.938 bits per heavy atom. The van der Waals surface area contributed by atoms with E-state index in [0.717, 1.165) is 49.8 Å². The van der Waals surface area contributed by atoms with Gasteiger partial charge in [-0.1, -0.05) is 12.1 Å². The van der Waals surface area contributed by atoms with E-state index in [-0.39, 0.29) is 5.91 Å². The number of aromatic nitrogens is 1. The van der Waals surface area contributed by atoms with Crippen LogP contribution in [0.1, 0.15) is 17.9 Å². The van der Waals surface area contributed by atoms with Crippen LogP contribution >= 0.6 is 0 Å². The zero-order valence-corrected chi connectivity index (χ0v) is 18.6. The summed E-state index contributed by atoms with van der Waals surface area (Å²) in [7, 11) is 3.31. The molecule has 32 heavy (non-hydrogen) atoms. The monoisotopic (exact) mass is 435 g/mol. The number of oxazole rings is 1. The second kappa shape index (κ2) is 10.3. The summed E-state index contributed by atoms with van der Waals surface area (Å²) in [6.07, 6.45) is 2.61. The summed E-state index contributed by atoms with van der Waals surface area (Å²) in [5.74, 6) is 3.09. The zero-order valence-electron chi connectivity index (χ0n) is 18.6. The molecule has 1 saturated heterocycles. The van der Waals surface area contributed by atoms with Gasteiger partial charge in [0.05, 0.1) is 20.4 Å². The van der Waals surface area contributed by atoms with E-state index in [4.69, 9.17) is 13.9 Å². The number of hydrogen-bond donors (Lipinski definition) is 0. The lowest BCUT2D eigenvalue weighted by atomic mass is 10.2. The fraction of sp³-hybridized carbons (Fsp3) is 0.360. The van der Waals surface area contributed by atoms with E-state index in [1.807, 2.05) is 41.3 Å². The van der Waals surface area contributed by atoms with Gasteiger partial charge in [-0.3, -0.25) is 9.69 Å². The number of rotatable bonds is 8. The number of carbonyl (C=O) groups is 1. The minimum atomic E-state index is 0.151. The Labute approximate surface area is 188 Å². The van der Waals surface area contributed by atoms with Crippen molar-refractivity contribution in [2.75, 3.05) is 40.4 Å². The first-order valence-corrected chi connectivity index (χ1v) is 10.9. The third-order valence-corrected chi connectivity index (χ3v) is 5.77. The van der Waals surface area contributed by atoms with Gasteiger partial charge >= 0.3 is 0 Å². The molecule has 0 radical (unpaired) electrons. The summed E-state index contributed by atoms with van der Waals surface area (Å²) in [6, 6.07) is 15.8. The lowest BCUT2D eigenvalue weighted by Gasteiger charge is -2.34. The average Bonchev–Trinajstić information content (AvgIpc) is 3.32. The van der Waals surface area contributed by atoms with Crippen LogP contribution in [0, 0.1) is 0 Å². The molecule has 4 rings (SSSR count). The van der Waals surface area contributed by atoms with Crippen molar-refractivity contribution >= 4 is 5.91 Å². The van der Waals surface area contributed by atoms with Crippen LogP contribution in [0.2, 0.25) is 0 Å². The van der Waals surface area contributed by atoms with Gasteiger partial charge in [-0.2, -0.15) is 0 Å². The second-order valence-corrected chi connectivity index (χ2v) is 7.85. The molecule has 0 atom stereocenters. The molecule has 0 unspecified atom stereocenters. The lowest BCUT2D eigenvalue weighted by Crippen LogP contribution is -2.48. The van der Waals surface area contributed by atoms with Crippen LogP contribution in [0.15, 0.2) is 59.1 Å². The number of piperazine rings is 1. The summed E-state index contributed by atoms with van der Waals surface area (Å²) in [4.78, 5) is 21.3. The van der Waals surface area contributed by atoms with E-state index in [1.165, 1.54) is 5.56 Å². The SMILES string of the molecule is COc1ccc(CN2CCN(C(=O)CCc3ncc(-c4ccc(OC)cc4)o3)CC2)cc1. The van der Waals surface area contributed by atoms with Crippen molar-refractivity contribution in [1.82, 2.24) is 14.8 Å². The van der Waals surface area contributed by atoms with E-state index >= 15 is 0 Å². The van der Waals surface area contributed by atoms with Crippen LogP contribution in [0.4, 0.5) is 0 Å². The molecule has 0 aliphatic carbocycles. The number of nitrogens with zero attached hydrogens (tertiary/aromatic N) is 3. The minimum absolute atomic E-state index is 0.151. The summed E-state index contributed by atoms with van der Waals surface area (Å²) in [5.41, 5.74) is 2.19. The largest absolute Gasteiger partial charge is 0.497 e. The van der Waals surface area contributed by atoms with E-state index in [0.29, 0.717) is 24.5 Å². The summed E-state index contributed by atoms with van der Waals surface area (Å²) in [6.45, 7) is 4.13. The Morgan fingerprint density at radius 2 is 1.56 bits per heavy atom. The Kier molecular flexibility index (Phi) is 7.07. The smallest absolute Gasteiger partial charge is 0.223 e. The Balaban J connectivity index is 1.22. The Bertz CT molecular complexity index is 1010. The minimum Gasteiger partial charge on any atom is -0.497 e. The first-order valence-electron chi connectivity index (χ1n) is 10.9. The standard InChI is InChI=1S/C25H29N3O4/c1-30-21-7-3-19(4-8-21)18-27-13-15-28(16-14-27)25(29)12-11-24-26-17-23(32-24)20-5-9-22(31-2)10-6-20/h3-10,17H,11-16,18H2,1-2H3. The molecular formula is C25H29N3O4. The zero-order chi connectivity index (χ0) is 22.3. The highest BCUT2D eigenvalue weighted by Gasteiger charge is 2.21. The van der Waals surface area contributed by atoms with Crippen molar-refractivity contribution in [3.63, 3.8) is 0 Å². The Hall–Kier alpha value is -3.32. The molecule has 0 N–H and O–H groups in total. The van der Waals surface area contributed by atoms with Gasteiger partial charge in [0, 0.05) is 51.1 Å². The molecule has 2 aromatic carbocycles. The highest BCUT2D eigenvalue weighted by atomic mass is 16.5. The molecule has 7 heteroatoms. The van der Waals surface area contributed by atoms with Gasteiger partial charge in [0.25, 0.3) is 0 Å². The summed E-state index contributed by atoms with van der Waals surface area (Å²) < 4.78 is 16.2. The van der Waals surface area contributed by atoms with Gasteiger partial charge in [0.1, 0.15) is 11.5 Å². The van der Waals surface area contributed by atoms with Gasteiger partial charge in [-0.25, -0.2) is 4.98 Å². The van der Waals surface area contributed by atoms with Crippen LogP contribution in [-0.4, -0.2) is 61.1 Å². The number of carbonyl (C=O) groups excluding carboxylic acids is 1. The molecule has 1 aliphatic rings. The van der Waals surface area contributed by atoms with Crippen LogP contribution in [0.25, 0.3) is 11.3 Å². The van der Waals surface area contributed by atoms with Crippen molar-refractivity contribution in [3.8, 4) is 22.8 Å². The maximum absolute atomic E-state index is 12.7. The molecule has 0 spiro atoms. The fourth-order valence-corrected chi connectivity index (χ4v) is 3.83. The summed E-state index contributed by atoms with van der Waals surface area (Å²) in [5, 5.41) is 0. The molecule has 2 heterocycles. The lowest BCUT2D eigenvalue weighted by molar-refractivity contribution is -0.133. The molecule has 1 fully saturated rings. The summed E-state index contributed by atoms with van der Waals surface area (Å²) >= 11 is 0. The first kappa shape index (κ1) is 21.9. The molecule has 168 valence electrons. The molecule has 1 aromatic heterocycles. The van der Waals surface area contributed by atoms with Gasteiger partial charge in [-0.15, -0.1) is 0 Å². The van der Waals surface area contributed by atoms with E-state index < -0.39 is 0 Å². The number of amides is 1. The van der Waals surface area contributed by atoms with Crippen LogP contribution in [0.5, 0.6) is 11.5 Å². The quantitative estimate of drug-likeness (QED) is 0.538. The normalized spacial score (nSPS) is 14.4. The topological polar surface area (TPSA) is 68.0 Å². The highest BCUT2D eigenvalue weighted by Crippen LogP contribution is 2.23. The first-order chi connectivity index (χ1) is 15.6. The predicted octanol–water partition coefficient (Wildman–Crippen LogP) is 3.64. The molecule has 0 saturated carbocycles. The molecule has 1 amide bonds. The molecule has 3 aromatic rings. The van der Waals surface area contributed by atoms with Gasteiger partial charge in [0.15, 0.2) is 11.7 Å². The van der Waals surface area contributed by atoms with Crippen molar-refractivity contribution in [2.24, 2.45) is 0 Å². The molecule has 0 bridgehead atoms. The maximum Gasteiger partial charge on any atom is 0.223 e. The highest BCUT2D eigenvalue weighted by molar-refractivity contribution is 5.76. The average molecular weight is 436 g/mol. The van der Waals surface area contributed by atoms with Gasteiger partial charge in [-0.05, 0) is 42.0 Å². The fourth-order valence-electron chi connectivity index (χ4n) is 3.83. The Morgan fingerprint density at radius 3 is 2.19 bits per heavy atom. The number of benzene rings is 2. The molecule has 7 nitrogen and oxygen atoms in total. The number of aryl methyl sites for hydroxylation is 1. The number of ether oxygens (including phenoxy) is 2. The third kappa shape index (κ3) is 5.48. The van der Waals surface area contributed by atoms with E-state index in [1.54, 1.807) is 20.4 Å². The van der Waals surface area contributed by atoms with Crippen LogP contribution in [0.3, 0.4) is 0 Å².